The SMILES string of the molecule is O=C(N1CCN(c2ccc(Cl)cc2)CC1)C(F)(F)C(F)(F)C(F)(F)C(F)(F)F. The first-order valence-electron chi connectivity index (χ1n) is 7.63. The molecule has 2 rings (SSSR count). The van der Waals surface area contributed by atoms with Gasteiger partial charge in [0.15, 0.2) is 0 Å². The summed E-state index contributed by atoms with van der Waals surface area (Å²) in [5.74, 6) is -23.1. The minimum Gasteiger partial charge on any atom is -0.368 e. The van der Waals surface area contributed by atoms with Crippen molar-refractivity contribution >= 4 is 23.2 Å². The number of hydrogen-bond donors (Lipinski definition) is 0. The number of anilines is 1. The molecule has 0 spiro atoms. The Hall–Kier alpha value is -1.85. The van der Waals surface area contributed by atoms with Crippen LogP contribution in [0.4, 0.5) is 45.2 Å². The first-order chi connectivity index (χ1) is 12.6. The van der Waals surface area contributed by atoms with Gasteiger partial charge in [0, 0.05) is 36.9 Å². The Kier molecular flexibility index (Phi) is 5.77. The average molecular weight is 443 g/mol. The number of carbonyl (C=O) groups is 1. The first-order valence-corrected chi connectivity index (χ1v) is 8.01. The van der Waals surface area contributed by atoms with Gasteiger partial charge in [0.25, 0.3) is 5.91 Å². The highest BCUT2D eigenvalue weighted by atomic mass is 35.5. The maximum atomic E-state index is 13.7. The maximum absolute atomic E-state index is 13.7. The van der Waals surface area contributed by atoms with Crippen molar-refractivity contribution in [2.75, 3.05) is 31.1 Å². The van der Waals surface area contributed by atoms with Crippen LogP contribution in [0.25, 0.3) is 0 Å². The van der Waals surface area contributed by atoms with Crippen molar-refractivity contribution < 1.29 is 44.3 Å². The Bertz CT molecular complexity index is 713. The van der Waals surface area contributed by atoms with E-state index in [4.69, 9.17) is 11.6 Å². The summed E-state index contributed by atoms with van der Waals surface area (Å²) in [4.78, 5) is 13.4. The molecule has 28 heavy (non-hydrogen) atoms. The minimum atomic E-state index is -7.09. The molecule has 0 radical (unpaired) electrons. The fourth-order valence-electron chi connectivity index (χ4n) is 2.53. The molecule has 0 saturated carbocycles. The Morgan fingerprint density at radius 2 is 1.25 bits per heavy atom. The van der Waals surface area contributed by atoms with Crippen molar-refractivity contribution in [3.63, 3.8) is 0 Å². The van der Waals surface area contributed by atoms with Gasteiger partial charge in [0.1, 0.15) is 0 Å². The molecule has 1 aliphatic rings. The predicted octanol–water partition coefficient (Wildman–Crippen LogP) is 4.46. The lowest BCUT2D eigenvalue weighted by atomic mass is 10.0. The highest BCUT2D eigenvalue weighted by molar-refractivity contribution is 6.30. The van der Waals surface area contributed by atoms with Gasteiger partial charge in [0.2, 0.25) is 0 Å². The van der Waals surface area contributed by atoms with E-state index in [1.807, 2.05) is 0 Å². The second-order valence-electron chi connectivity index (χ2n) is 5.98. The van der Waals surface area contributed by atoms with E-state index < -0.39 is 42.9 Å². The van der Waals surface area contributed by atoms with E-state index in [1.165, 1.54) is 12.1 Å². The quantitative estimate of drug-likeness (QED) is 0.643. The molecule has 3 nitrogen and oxygen atoms in total. The van der Waals surface area contributed by atoms with Gasteiger partial charge in [-0.15, -0.1) is 0 Å². The van der Waals surface area contributed by atoms with Crippen LogP contribution in [-0.2, 0) is 4.79 Å². The Labute approximate surface area is 157 Å². The molecule has 1 saturated heterocycles. The summed E-state index contributed by atoms with van der Waals surface area (Å²) in [5.41, 5.74) is 0.567. The summed E-state index contributed by atoms with van der Waals surface area (Å²) in [6, 6.07) is 6.16. The standard InChI is InChI=1S/C15H12ClF9N2O/c16-9-1-3-10(4-2-9)26-5-7-27(8-6-26)11(28)12(17,18)13(19,20)14(21,22)15(23,24)25/h1-4H,5-8H2. The molecule has 158 valence electrons. The summed E-state index contributed by atoms with van der Waals surface area (Å²) >= 11 is 5.71. The number of nitrogens with zero attached hydrogens (tertiary/aromatic N) is 2. The number of benzene rings is 1. The van der Waals surface area contributed by atoms with Gasteiger partial charge in [-0.2, -0.15) is 39.5 Å². The summed E-state index contributed by atoms with van der Waals surface area (Å²) in [6.45, 7) is -1.43. The topological polar surface area (TPSA) is 23.6 Å². The normalized spacial score (nSPS) is 17.1. The second kappa shape index (κ2) is 7.20. The molecule has 0 aromatic heterocycles. The maximum Gasteiger partial charge on any atom is 0.460 e. The second-order valence-corrected chi connectivity index (χ2v) is 6.41. The molecule has 1 aromatic carbocycles. The van der Waals surface area contributed by atoms with Gasteiger partial charge in [-0.3, -0.25) is 4.79 Å². The molecule has 13 heteroatoms. The smallest absolute Gasteiger partial charge is 0.368 e. The number of rotatable bonds is 4. The number of halogens is 10. The van der Waals surface area contributed by atoms with Crippen LogP contribution in [0.1, 0.15) is 0 Å². The molecule has 0 unspecified atom stereocenters. The van der Waals surface area contributed by atoms with E-state index >= 15 is 0 Å². The van der Waals surface area contributed by atoms with Gasteiger partial charge in [-0.25, -0.2) is 0 Å². The monoisotopic (exact) mass is 442 g/mol. The Morgan fingerprint density at radius 3 is 1.68 bits per heavy atom. The Morgan fingerprint density at radius 1 is 0.786 bits per heavy atom. The van der Waals surface area contributed by atoms with Gasteiger partial charge in [-0.1, -0.05) is 11.6 Å². The molecule has 1 fully saturated rings. The zero-order valence-electron chi connectivity index (χ0n) is 13.7. The number of hydrogen-bond acceptors (Lipinski definition) is 2. The molecule has 0 bridgehead atoms. The van der Waals surface area contributed by atoms with Crippen LogP contribution in [0.15, 0.2) is 24.3 Å². The third-order valence-electron chi connectivity index (χ3n) is 4.17. The summed E-state index contributed by atoms with van der Waals surface area (Å²) in [7, 11) is 0. The van der Waals surface area contributed by atoms with Crippen LogP contribution < -0.4 is 4.90 Å². The summed E-state index contributed by atoms with van der Waals surface area (Å²) in [6.07, 6.45) is -6.96. The van der Waals surface area contributed by atoms with Crippen LogP contribution in [0.2, 0.25) is 5.02 Å². The number of alkyl halides is 9. The summed E-state index contributed by atoms with van der Waals surface area (Å²) in [5, 5.41) is 0.407. The molecular formula is C15H12ClF9N2O. The Balaban J connectivity index is 2.14. The van der Waals surface area contributed by atoms with Gasteiger partial charge >= 0.3 is 23.9 Å². The van der Waals surface area contributed by atoms with Crippen molar-refractivity contribution in [3.8, 4) is 0 Å². The average Bonchev–Trinajstić information content (AvgIpc) is 2.60. The van der Waals surface area contributed by atoms with Gasteiger partial charge in [0.05, 0.1) is 0 Å². The van der Waals surface area contributed by atoms with Crippen molar-refractivity contribution in [3.05, 3.63) is 29.3 Å². The number of carbonyl (C=O) groups excluding carboxylic acids is 1. The summed E-state index contributed by atoms with van der Waals surface area (Å²) < 4.78 is 116. The van der Waals surface area contributed by atoms with Crippen LogP contribution in [0, 0.1) is 0 Å². The third-order valence-corrected chi connectivity index (χ3v) is 4.42. The van der Waals surface area contributed by atoms with Crippen LogP contribution in [0.5, 0.6) is 0 Å². The van der Waals surface area contributed by atoms with E-state index in [2.05, 4.69) is 0 Å². The minimum absolute atomic E-state index is 0.132. The van der Waals surface area contributed by atoms with E-state index in [-0.39, 0.29) is 18.0 Å². The zero-order chi connectivity index (χ0) is 21.5. The zero-order valence-corrected chi connectivity index (χ0v) is 14.5. The molecule has 0 N–H and O–H groups in total. The van der Waals surface area contributed by atoms with Gasteiger partial charge in [-0.05, 0) is 24.3 Å². The largest absolute Gasteiger partial charge is 0.460 e. The predicted molar refractivity (Wildman–Crippen MR) is 81.1 cm³/mol. The lowest BCUT2D eigenvalue weighted by Crippen LogP contribution is -2.66. The molecular weight excluding hydrogens is 431 g/mol. The molecule has 1 aromatic rings. The van der Waals surface area contributed by atoms with Crippen molar-refractivity contribution in [1.29, 1.82) is 0 Å². The molecule has 0 aliphatic carbocycles. The lowest BCUT2D eigenvalue weighted by Gasteiger charge is -2.39. The number of amides is 1. The molecule has 1 amide bonds. The highest BCUT2D eigenvalue weighted by Gasteiger charge is 2.84. The van der Waals surface area contributed by atoms with Crippen LogP contribution in [-0.4, -0.2) is 60.9 Å². The molecule has 1 aliphatic heterocycles. The first kappa shape index (κ1) is 22.4. The van der Waals surface area contributed by atoms with E-state index in [0.717, 1.165) is 0 Å². The third kappa shape index (κ3) is 3.70. The fourth-order valence-corrected chi connectivity index (χ4v) is 2.65. The van der Waals surface area contributed by atoms with Crippen LogP contribution in [0.3, 0.4) is 0 Å². The molecule has 1 heterocycles. The van der Waals surface area contributed by atoms with E-state index in [0.29, 0.717) is 10.7 Å². The fraction of sp³-hybridized carbons (Fsp3) is 0.533. The van der Waals surface area contributed by atoms with E-state index in [1.54, 1.807) is 17.0 Å². The lowest BCUT2D eigenvalue weighted by molar-refractivity contribution is -0.389. The molecule has 0 atom stereocenters. The van der Waals surface area contributed by atoms with Crippen molar-refractivity contribution in [1.82, 2.24) is 4.90 Å². The van der Waals surface area contributed by atoms with Crippen molar-refractivity contribution in [2.45, 2.75) is 23.9 Å². The van der Waals surface area contributed by atoms with E-state index in [9.17, 15) is 44.3 Å². The number of piperazine rings is 1. The van der Waals surface area contributed by atoms with Crippen molar-refractivity contribution in [2.24, 2.45) is 0 Å². The van der Waals surface area contributed by atoms with Gasteiger partial charge < -0.3 is 9.80 Å². The van der Waals surface area contributed by atoms with Crippen LogP contribution >= 0.6 is 11.6 Å². The highest BCUT2D eigenvalue weighted by Crippen LogP contribution is 2.53.